The Morgan fingerprint density at radius 1 is 1.32 bits per heavy atom. The molecule has 1 N–H and O–H groups in total. The van der Waals surface area contributed by atoms with Crippen molar-refractivity contribution >= 4 is 16.9 Å². The first kappa shape index (κ1) is 18.4. The number of aliphatic hydroxyl groups excluding tert-OH is 1. The zero-order valence-electron chi connectivity index (χ0n) is 16.3. The molecular formula is C21H24N4O3. The van der Waals surface area contributed by atoms with Crippen LogP contribution in [-0.4, -0.2) is 50.4 Å². The van der Waals surface area contributed by atoms with Crippen molar-refractivity contribution < 1.29 is 14.6 Å². The minimum absolute atomic E-state index is 0.114. The van der Waals surface area contributed by atoms with Crippen LogP contribution in [0.15, 0.2) is 30.3 Å². The van der Waals surface area contributed by atoms with Gasteiger partial charge in [0.25, 0.3) is 5.91 Å². The van der Waals surface area contributed by atoms with E-state index in [1.165, 1.54) is 5.56 Å². The van der Waals surface area contributed by atoms with E-state index in [9.17, 15) is 9.90 Å². The molecule has 1 aliphatic heterocycles. The quantitative estimate of drug-likeness (QED) is 0.750. The molecule has 3 heterocycles. The van der Waals surface area contributed by atoms with Crippen molar-refractivity contribution in [2.24, 2.45) is 7.05 Å². The summed E-state index contributed by atoms with van der Waals surface area (Å²) in [6.45, 7) is 4.24. The molecule has 3 aromatic rings. The largest absolute Gasteiger partial charge is 0.466 e. The minimum Gasteiger partial charge on any atom is -0.466 e. The molecular weight excluding hydrogens is 356 g/mol. The van der Waals surface area contributed by atoms with Gasteiger partial charge in [0.2, 0.25) is 5.88 Å². The van der Waals surface area contributed by atoms with Crippen LogP contribution in [0.2, 0.25) is 0 Å². The summed E-state index contributed by atoms with van der Waals surface area (Å²) in [6, 6.07) is 9.57. The Bertz CT molecular complexity index is 1040. The van der Waals surface area contributed by atoms with Crippen LogP contribution in [0.5, 0.6) is 5.88 Å². The first-order chi connectivity index (χ1) is 13.5. The lowest BCUT2D eigenvalue weighted by Gasteiger charge is -2.36. The molecule has 0 fully saturated rings. The summed E-state index contributed by atoms with van der Waals surface area (Å²) in [5, 5.41) is 15.1. The van der Waals surface area contributed by atoms with E-state index in [4.69, 9.17) is 4.74 Å². The lowest BCUT2D eigenvalue weighted by molar-refractivity contribution is -0.137. The number of benzene rings is 1. The van der Waals surface area contributed by atoms with Gasteiger partial charge >= 0.3 is 0 Å². The van der Waals surface area contributed by atoms with Crippen LogP contribution in [0, 0.1) is 13.8 Å². The van der Waals surface area contributed by atoms with Gasteiger partial charge in [0.05, 0.1) is 18.0 Å². The number of hydrogen-bond donors (Lipinski definition) is 1. The number of aromatic nitrogens is 3. The van der Waals surface area contributed by atoms with Crippen molar-refractivity contribution in [3.63, 3.8) is 0 Å². The highest BCUT2D eigenvalue weighted by Gasteiger charge is 2.30. The van der Waals surface area contributed by atoms with E-state index in [2.05, 4.69) is 10.1 Å². The fourth-order valence-corrected chi connectivity index (χ4v) is 4.01. The van der Waals surface area contributed by atoms with Crippen LogP contribution in [0.25, 0.3) is 11.0 Å². The van der Waals surface area contributed by atoms with Crippen molar-refractivity contribution in [1.82, 2.24) is 19.7 Å². The van der Waals surface area contributed by atoms with Crippen molar-refractivity contribution in [2.45, 2.75) is 26.3 Å². The lowest BCUT2D eigenvalue weighted by atomic mass is 9.93. The molecule has 1 aliphatic rings. The molecule has 4 rings (SSSR count). The van der Waals surface area contributed by atoms with Crippen molar-refractivity contribution in [3.8, 4) is 5.88 Å². The number of carbonyl (C=O) groups excluding carboxylic acids is 1. The molecule has 2 aromatic heterocycles. The number of hydrogen-bond acceptors (Lipinski definition) is 5. The van der Waals surface area contributed by atoms with Crippen molar-refractivity contribution in [3.05, 3.63) is 52.7 Å². The monoisotopic (exact) mass is 380 g/mol. The number of aryl methyl sites for hydroxylation is 3. The molecule has 0 bridgehead atoms. The fraction of sp³-hybridized carbons (Fsp3) is 0.381. The summed E-state index contributed by atoms with van der Waals surface area (Å²) in [5.41, 5.74) is 4.84. The highest BCUT2D eigenvalue weighted by atomic mass is 16.5. The van der Waals surface area contributed by atoms with Crippen LogP contribution in [0.1, 0.15) is 28.4 Å². The summed E-state index contributed by atoms with van der Waals surface area (Å²) in [6.07, 6.45) is 0.771. The van der Waals surface area contributed by atoms with Crippen molar-refractivity contribution in [2.75, 3.05) is 19.8 Å². The third-order valence-electron chi connectivity index (χ3n) is 5.32. The van der Waals surface area contributed by atoms with Crippen LogP contribution in [0.3, 0.4) is 0 Å². The maximum Gasteiger partial charge on any atom is 0.261 e. The first-order valence-electron chi connectivity index (χ1n) is 9.41. The number of pyridine rings is 1. The summed E-state index contributed by atoms with van der Waals surface area (Å²) >= 11 is 0. The highest BCUT2D eigenvalue weighted by molar-refractivity contribution is 5.86. The maximum atomic E-state index is 12.9. The molecule has 28 heavy (non-hydrogen) atoms. The van der Waals surface area contributed by atoms with Gasteiger partial charge in [-0.25, -0.2) is 9.67 Å². The predicted molar refractivity (Wildman–Crippen MR) is 105 cm³/mol. The Balaban J connectivity index is 1.55. The summed E-state index contributed by atoms with van der Waals surface area (Å²) in [5.74, 6) is 0.249. The van der Waals surface area contributed by atoms with Crippen LogP contribution in [0.4, 0.5) is 0 Å². The smallest absolute Gasteiger partial charge is 0.261 e. The van der Waals surface area contributed by atoms with Crippen LogP contribution in [-0.2, 0) is 18.3 Å². The molecule has 0 saturated heterocycles. The fourth-order valence-electron chi connectivity index (χ4n) is 4.01. The highest BCUT2D eigenvalue weighted by Crippen LogP contribution is 2.30. The molecule has 0 spiro atoms. The molecule has 1 aromatic carbocycles. The molecule has 7 heteroatoms. The van der Waals surface area contributed by atoms with Gasteiger partial charge in [-0.05, 0) is 43.0 Å². The maximum absolute atomic E-state index is 12.9. The second kappa shape index (κ2) is 7.24. The minimum atomic E-state index is -0.340. The van der Waals surface area contributed by atoms with Gasteiger partial charge in [-0.2, -0.15) is 0 Å². The zero-order chi connectivity index (χ0) is 19.8. The number of amides is 1. The van der Waals surface area contributed by atoms with E-state index in [-0.39, 0.29) is 25.2 Å². The third kappa shape index (κ3) is 3.11. The number of fused-ring (bicyclic) bond motifs is 2. The van der Waals surface area contributed by atoms with E-state index in [0.29, 0.717) is 12.4 Å². The van der Waals surface area contributed by atoms with Gasteiger partial charge in [0.15, 0.2) is 12.3 Å². The lowest BCUT2D eigenvalue weighted by Crippen LogP contribution is -2.43. The van der Waals surface area contributed by atoms with Gasteiger partial charge in [-0.1, -0.05) is 24.3 Å². The van der Waals surface area contributed by atoms with E-state index >= 15 is 0 Å². The van der Waals surface area contributed by atoms with Gasteiger partial charge < -0.3 is 14.7 Å². The van der Waals surface area contributed by atoms with Gasteiger partial charge in [0, 0.05) is 19.3 Å². The number of carbonyl (C=O) groups is 1. The van der Waals surface area contributed by atoms with Gasteiger partial charge in [0.1, 0.15) is 0 Å². The molecule has 146 valence electrons. The molecule has 1 amide bonds. The average Bonchev–Trinajstić information content (AvgIpc) is 3.01. The predicted octanol–water partition coefficient (Wildman–Crippen LogP) is 2.08. The van der Waals surface area contributed by atoms with E-state index in [1.54, 1.807) is 9.58 Å². The second-order valence-corrected chi connectivity index (χ2v) is 7.23. The van der Waals surface area contributed by atoms with E-state index in [0.717, 1.165) is 34.3 Å². The zero-order valence-corrected chi connectivity index (χ0v) is 16.3. The molecule has 0 unspecified atom stereocenters. The van der Waals surface area contributed by atoms with E-state index in [1.807, 2.05) is 51.2 Å². The normalized spacial score (nSPS) is 16.3. The Morgan fingerprint density at radius 3 is 2.89 bits per heavy atom. The second-order valence-electron chi connectivity index (χ2n) is 7.23. The standard InChI is InChI=1S/C21H24N4O3/c1-13-10-14(2)22-20-19(13)21(23-24(20)3)28-12-18(27)25-9-8-15-6-4-5-7-16(15)17(25)11-26/h4-7,10,17,26H,8-9,11-12H2,1-3H3/t17-/m0/s1. The topological polar surface area (TPSA) is 80.5 Å². The Hall–Kier alpha value is -2.93. The van der Waals surface area contributed by atoms with Gasteiger partial charge in [-0.15, -0.1) is 5.10 Å². The SMILES string of the molecule is Cc1cc(C)c2c(OCC(=O)N3CCc4ccccc4[C@@H]3CO)nn(C)c2n1. The molecule has 0 radical (unpaired) electrons. The molecule has 7 nitrogen and oxygen atoms in total. The first-order valence-corrected chi connectivity index (χ1v) is 9.41. The van der Waals surface area contributed by atoms with Crippen LogP contribution >= 0.6 is 0 Å². The number of nitrogens with zero attached hydrogens (tertiary/aromatic N) is 4. The molecule has 0 saturated carbocycles. The molecule has 1 atom stereocenters. The van der Waals surface area contributed by atoms with E-state index < -0.39 is 0 Å². The third-order valence-corrected chi connectivity index (χ3v) is 5.32. The summed E-state index contributed by atoms with van der Waals surface area (Å²) < 4.78 is 7.48. The molecule has 0 aliphatic carbocycles. The Morgan fingerprint density at radius 2 is 2.11 bits per heavy atom. The summed E-state index contributed by atoms with van der Waals surface area (Å²) in [4.78, 5) is 19.1. The van der Waals surface area contributed by atoms with Crippen LogP contribution < -0.4 is 4.74 Å². The Kier molecular flexibility index (Phi) is 4.77. The number of rotatable bonds is 4. The van der Waals surface area contributed by atoms with Gasteiger partial charge in [-0.3, -0.25) is 4.79 Å². The number of ether oxygens (including phenoxy) is 1. The Labute approximate surface area is 163 Å². The number of aliphatic hydroxyl groups is 1. The summed E-state index contributed by atoms with van der Waals surface area (Å²) in [7, 11) is 1.81. The average molecular weight is 380 g/mol. The van der Waals surface area contributed by atoms with Crippen molar-refractivity contribution in [1.29, 1.82) is 0 Å².